The van der Waals surface area contributed by atoms with E-state index in [-0.39, 0.29) is 23.3 Å². The predicted octanol–water partition coefficient (Wildman–Crippen LogP) is 0.325. The summed E-state index contributed by atoms with van der Waals surface area (Å²) in [4.78, 5) is 11.9. The number of sulfonamides is 1. The van der Waals surface area contributed by atoms with E-state index in [9.17, 15) is 13.2 Å². The number of nitrogens with two attached hydrogens (primary N) is 2. The van der Waals surface area contributed by atoms with Gasteiger partial charge in [0.2, 0.25) is 15.9 Å². The van der Waals surface area contributed by atoms with Gasteiger partial charge in [-0.25, -0.2) is 13.6 Å². The van der Waals surface area contributed by atoms with Crippen LogP contribution >= 0.6 is 0 Å². The predicted molar refractivity (Wildman–Crippen MR) is 77.1 cm³/mol. The fourth-order valence-electron chi connectivity index (χ4n) is 1.87. The minimum atomic E-state index is -3.73. The SMILES string of the molecule is CCCC(CN)C(=O)NCc1cccc(S(N)(=O)=O)c1. The quantitative estimate of drug-likeness (QED) is 0.672. The van der Waals surface area contributed by atoms with Crippen LogP contribution in [0.1, 0.15) is 25.3 Å². The molecule has 0 aromatic heterocycles. The molecule has 1 amide bonds. The van der Waals surface area contributed by atoms with Gasteiger partial charge in [0.25, 0.3) is 0 Å². The van der Waals surface area contributed by atoms with Gasteiger partial charge in [0.05, 0.1) is 10.8 Å². The zero-order valence-electron chi connectivity index (χ0n) is 11.5. The Morgan fingerprint density at radius 2 is 2.10 bits per heavy atom. The van der Waals surface area contributed by atoms with Gasteiger partial charge in [-0.15, -0.1) is 0 Å². The van der Waals surface area contributed by atoms with Gasteiger partial charge in [0, 0.05) is 13.1 Å². The van der Waals surface area contributed by atoms with Crippen molar-refractivity contribution in [1.82, 2.24) is 5.32 Å². The lowest BCUT2D eigenvalue weighted by molar-refractivity contribution is -0.125. The molecule has 1 aromatic rings. The van der Waals surface area contributed by atoms with Crippen LogP contribution in [0.2, 0.25) is 0 Å². The molecule has 0 aliphatic heterocycles. The third-order valence-electron chi connectivity index (χ3n) is 2.99. The van der Waals surface area contributed by atoms with Crippen LogP contribution in [0.4, 0.5) is 0 Å². The van der Waals surface area contributed by atoms with E-state index in [0.717, 1.165) is 12.8 Å². The highest BCUT2D eigenvalue weighted by Crippen LogP contribution is 2.10. The highest BCUT2D eigenvalue weighted by atomic mass is 32.2. The molecule has 7 heteroatoms. The number of benzene rings is 1. The number of carbonyl (C=O) groups is 1. The van der Waals surface area contributed by atoms with Gasteiger partial charge in [-0.2, -0.15) is 0 Å². The number of nitrogens with one attached hydrogen (secondary N) is 1. The summed E-state index contributed by atoms with van der Waals surface area (Å²) in [6.45, 7) is 2.55. The number of hydrogen-bond donors (Lipinski definition) is 3. The van der Waals surface area contributed by atoms with Crippen molar-refractivity contribution in [3.63, 3.8) is 0 Å². The highest BCUT2D eigenvalue weighted by Gasteiger charge is 2.15. The van der Waals surface area contributed by atoms with E-state index < -0.39 is 10.0 Å². The van der Waals surface area contributed by atoms with Crippen molar-refractivity contribution in [2.45, 2.75) is 31.2 Å². The first kappa shape index (κ1) is 16.6. The molecule has 1 aromatic carbocycles. The lowest BCUT2D eigenvalue weighted by Gasteiger charge is -2.14. The van der Waals surface area contributed by atoms with Crippen molar-refractivity contribution < 1.29 is 13.2 Å². The third kappa shape index (κ3) is 4.92. The Hall–Kier alpha value is -1.44. The fourth-order valence-corrected chi connectivity index (χ4v) is 2.45. The zero-order valence-corrected chi connectivity index (χ0v) is 12.3. The van der Waals surface area contributed by atoms with Gasteiger partial charge in [-0.1, -0.05) is 25.5 Å². The smallest absolute Gasteiger partial charge is 0.238 e. The maximum atomic E-state index is 11.9. The maximum Gasteiger partial charge on any atom is 0.238 e. The molecule has 0 spiro atoms. The van der Waals surface area contributed by atoms with Gasteiger partial charge >= 0.3 is 0 Å². The average molecular weight is 299 g/mol. The average Bonchev–Trinajstić information content (AvgIpc) is 2.41. The molecule has 0 saturated carbocycles. The minimum Gasteiger partial charge on any atom is -0.352 e. The highest BCUT2D eigenvalue weighted by molar-refractivity contribution is 7.89. The number of amides is 1. The minimum absolute atomic E-state index is 0.0354. The van der Waals surface area contributed by atoms with Crippen LogP contribution in [0.5, 0.6) is 0 Å². The Morgan fingerprint density at radius 3 is 2.65 bits per heavy atom. The standard InChI is InChI=1S/C13H21N3O3S/c1-2-4-11(8-14)13(17)16-9-10-5-3-6-12(7-10)20(15,18)19/h3,5-7,11H,2,4,8-9,14H2,1H3,(H,16,17)(H2,15,18,19). The van der Waals surface area contributed by atoms with Gasteiger partial charge < -0.3 is 11.1 Å². The molecule has 0 aliphatic carbocycles. The summed E-state index contributed by atoms with van der Waals surface area (Å²) in [5.41, 5.74) is 6.23. The molecular formula is C13H21N3O3S. The molecule has 6 nitrogen and oxygen atoms in total. The molecule has 0 heterocycles. The Morgan fingerprint density at radius 1 is 1.40 bits per heavy atom. The van der Waals surface area contributed by atoms with E-state index in [1.807, 2.05) is 6.92 Å². The van der Waals surface area contributed by atoms with E-state index in [2.05, 4.69) is 5.32 Å². The van der Waals surface area contributed by atoms with E-state index in [4.69, 9.17) is 10.9 Å². The molecule has 1 atom stereocenters. The van der Waals surface area contributed by atoms with Crippen LogP contribution in [0, 0.1) is 5.92 Å². The fraction of sp³-hybridized carbons (Fsp3) is 0.462. The van der Waals surface area contributed by atoms with E-state index in [0.29, 0.717) is 12.1 Å². The van der Waals surface area contributed by atoms with E-state index in [1.54, 1.807) is 12.1 Å². The summed E-state index contributed by atoms with van der Waals surface area (Å²) in [5, 5.41) is 7.82. The van der Waals surface area contributed by atoms with Crippen LogP contribution in [-0.2, 0) is 21.4 Å². The third-order valence-corrected chi connectivity index (χ3v) is 3.90. The number of hydrogen-bond acceptors (Lipinski definition) is 4. The second-order valence-electron chi connectivity index (χ2n) is 4.63. The lowest BCUT2D eigenvalue weighted by Crippen LogP contribution is -2.34. The molecule has 0 radical (unpaired) electrons. The van der Waals surface area contributed by atoms with E-state index >= 15 is 0 Å². The molecule has 0 saturated heterocycles. The number of primary sulfonamides is 1. The molecule has 0 fully saturated rings. The first-order chi connectivity index (χ1) is 9.38. The van der Waals surface area contributed by atoms with Crippen LogP contribution in [0.3, 0.4) is 0 Å². The Balaban J connectivity index is 2.68. The summed E-state index contributed by atoms with van der Waals surface area (Å²) in [5.74, 6) is -0.322. The van der Waals surface area contributed by atoms with Crippen molar-refractivity contribution >= 4 is 15.9 Å². The normalized spacial score (nSPS) is 12.9. The lowest BCUT2D eigenvalue weighted by atomic mass is 10.0. The largest absolute Gasteiger partial charge is 0.352 e. The van der Waals surface area contributed by atoms with Gasteiger partial charge in [0.15, 0.2) is 0 Å². The summed E-state index contributed by atoms with van der Waals surface area (Å²) in [6, 6.07) is 6.19. The summed E-state index contributed by atoms with van der Waals surface area (Å²) < 4.78 is 22.5. The maximum absolute atomic E-state index is 11.9. The van der Waals surface area contributed by atoms with Crippen molar-refractivity contribution in [3.8, 4) is 0 Å². The van der Waals surface area contributed by atoms with Gasteiger partial charge in [0.1, 0.15) is 0 Å². The van der Waals surface area contributed by atoms with Gasteiger partial charge in [-0.05, 0) is 24.1 Å². The second-order valence-corrected chi connectivity index (χ2v) is 6.19. The topological polar surface area (TPSA) is 115 Å². The number of carbonyl (C=O) groups excluding carboxylic acids is 1. The Labute approximate surface area is 119 Å². The molecular weight excluding hydrogens is 278 g/mol. The monoisotopic (exact) mass is 299 g/mol. The summed E-state index contributed by atoms with van der Waals surface area (Å²) in [6.07, 6.45) is 1.62. The molecule has 0 bridgehead atoms. The van der Waals surface area contributed by atoms with Crippen LogP contribution in [-0.4, -0.2) is 20.9 Å². The molecule has 5 N–H and O–H groups in total. The Kier molecular flexibility index (Phi) is 6.12. The number of rotatable bonds is 7. The molecule has 20 heavy (non-hydrogen) atoms. The molecule has 1 unspecified atom stereocenters. The van der Waals surface area contributed by atoms with Crippen molar-refractivity contribution in [3.05, 3.63) is 29.8 Å². The summed E-state index contributed by atoms with van der Waals surface area (Å²) >= 11 is 0. The van der Waals surface area contributed by atoms with Crippen molar-refractivity contribution in [2.24, 2.45) is 16.8 Å². The van der Waals surface area contributed by atoms with Crippen LogP contribution in [0.25, 0.3) is 0 Å². The van der Waals surface area contributed by atoms with Crippen LogP contribution in [0.15, 0.2) is 29.2 Å². The van der Waals surface area contributed by atoms with Crippen molar-refractivity contribution in [1.29, 1.82) is 0 Å². The molecule has 0 aliphatic rings. The first-order valence-electron chi connectivity index (χ1n) is 6.48. The second kappa shape index (κ2) is 7.37. The molecule has 1 rings (SSSR count). The summed E-state index contributed by atoms with van der Waals surface area (Å²) in [7, 11) is -3.73. The Bertz CT molecular complexity index is 558. The van der Waals surface area contributed by atoms with Crippen molar-refractivity contribution in [2.75, 3.05) is 6.54 Å². The zero-order chi connectivity index (χ0) is 15.2. The van der Waals surface area contributed by atoms with Gasteiger partial charge in [-0.3, -0.25) is 4.79 Å². The van der Waals surface area contributed by atoms with E-state index in [1.165, 1.54) is 12.1 Å². The first-order valence-corrected chi connectivity index (χ1v) is 8.02. The molecule has 112 valence electrons. The van der Waals surface area contributed by atoms with Crippen LogP contribution < -0.4 is 16.2 Å².